The third-order valence-corrected chi connectivity index (χ3v) is 4.22. The summed E-state index contributed by atoms with van der Waals surface area (Å²) >= 11 is 0. The number of halogens is 3. The molecule has 1 saturated carbocycles. The highest BCUT2D eigenvalue weighted by atomic mass is 19.4. The lowest BCUT2D eigenvalue weighted by Crippen LogP contribution is -2.32. The Labute approximate surface area is 134 Å². The summed E-state index contributed by atoms with van der Waals surface area (Å²) in [6, 6.07) is 4.42. The number of fused-ring (bicyclic) bond motifs is 1. The van der Waals surface area contributed by atoms with Gasteiger partial charge < -0.3 is 4.74 Å². The summed E-state index contributed by atoms with van der Waals surface area (Å²) in [5.41, 5.74) is -0.0167. The molecule has 0 atom stereocenters. The quantitative estimate of drug-likeness (QED) is 0.622. The van der Waals surface area contributed by atoms with Crippen molar-refractivity contribution in [2.75, 3.05) is 0 Å². The molecular weight excluding hydrogens is 327 g/mol. The lowest BCUT2D eigenvalue weighted by Gasteiger charge is -2.29. The second-order valence-electron chi connectivity index (χ2n) is 5.74. The first-order valence-corrected chi connectivity index (χ1v) is 7.47. The van der Waals surface area contributed by atoms with Gasteiger partial charge in [0.05, 0.1) is 16.2 Å². The Bertz CT molecular complexity index is 758. The van der Waals surface area contributed by atoms with Crippen molar-refractivity contribution in [3.05, 3.63) is 34.6 Å². The van der Waals surface area contributed by atoms with Crippen LogP contribution in [0.25, 0.3) is 10.9 Å². The van der Waals surface area contributed by atoms with E-state index in [4.69, 9.17) is 4.74 Å². The van der Waals surface area contributed by atoms with E-state index in [1.807, 2.05) is 0 Å². The van der Waals surface area contributed by atoms with Gasteiger partial charge >= 0.3 is 6.18 Å². The van der Waals surface area contributed by atoms with Gasteiger partial charge in [-0.2, -0.15) is 13.2 Å². The highest BCUT2D eigenvalue weighted by Crippen LogP contribution is 2.39. The van der Waals surface area contributed by atoms with Crippen LogP contribution in [-0.2, 0) is 0 Å². The summed E-state index contributed by atoms with van der Waals surface area (Å²) < 4.78 is 43.8. The molecule has 0 radical (unpaired) electrons. The second kappa shape index (κ2) is 6.21. The van der Waals surface area contributed by atoms with Gasteiger partial charge in [0.15, 0.2) is 5.52 Å². The van der Waals surface area contributed by atoms with E-state index in [1.165, 1.54) is 12.1 Å². The maximum atomic E-state index is 12.7. The fourth-order valence-corrected chi connectivity index (χ4v) is 2.96. The van der Waals surface area contributed by atoms with Crippen LogP contribution in [0.4, 0.5) is 18.9 Å². The Kier molecular flexibility index (Phi) is 4.25. The molecule has 6 nitrogen and oxygen atoms in total. The fraction of sp³-hybridized carbons (Fsp3) is 0.467. The smallest absolute Gasteiger partial charge is 0.391 e. The first-order chi connectivity index (χ1) is 11.4. The van der Waals surface area contributed by atoms with Crippen molar-refractivity contribution >= 4 is 16.6 Å². The Balaban J connectivity index is 1.80. The van der Waals surface area contributed by atoms with E-state index in [1.54, 1.807) is 6.07 Å². The van der Waals surface area contributed by atoms with Crippen LogP contribution < -0.4 is 4.74 Å². The van der Waals surface area contributed by atoms with Crippen LogP contribution in [0.2, 0.25) is 0 Å². The van der Waals surface area contributed by atoms with E-state index in [0.717, 1.165) is 6.33 Å². The van der Waals surface area contributed by atoms with Gasteiger partial charge in [0.25, 0.3) is 5.69 Å². The molecular formula is C15H14F3N3O3. The van der Waals surface area contributed by atoms with Crippen LogP contribution in [0.15, 0.2) is 24.5 Å². The molecule has 0 unspecified atom stereocenters. The van der Waals surface area contributed by atoms with Crippen molar-refractivity contribution in [1.82, 2.24) is 9.97 Å². The molecule has 0 saturated heterocycles. The van der Waals surface area contributed by atoms with E-state index in [2.05, 4.69) is 9.97 Å². The molecule has 1 aromatic carbocycles. The number of hydrogen-bond acceptors (Lipinski definition) is 5. The number of aromatic nitrogens is 2. The van der Waals surface area contributed by atoms with Gasteiger partial charge in [-0.1, -0.05) is 6.07 Å². The van der Waals surface area contributed by atoms with E-state index in [9.17, 15) is 23.3 Å². The fourth-order valence-electron chi connectivity index (χ4n) is 2.96. The number of nitro benzene ring substituents is 1. The van der Waals surface area contributed by atoms with Gasteiger partial charge in [0.1, 0.15) is 12.4 Å². The molecule has 0 aliphatic heterocycles. The summed E-state index contributed by atoms with van der Waals surface area (Å²) in [4.78, 5) is 18.4. The third-order valence-electron chi connectivity index (χ3n) is 4.22. The zero-order chi connectivity index (χ0) is 17.3. The SMILES string of the molecule is O=[N+]([O-])c1cccc2c(OC3CCC(C(F)(F)F)CC3)ncnc12. The number of para-hydroxylation sites is 1. The van der Waals surface area contributed by atoms with Crippen molar-refractivity contribution < 1.29 is 22.8 Å². The first kappa shape index (κ1) is 16.4. The molecule has 9 heteroatoms. The predicted molar refractivity (Wildman–Crippen MR) is 78.6 cm³/mol. The van der Waals surface area contributed by atoms with Crippen molar-refractivity contribution in [3.8, 4) is 5.88 Å². The lowest BCUT2D eigenvalue weighted by atomic mass is 9.87. The summed E-state index contributed by atoms with van der Waals surface area (Å²) in [6.45, 7) is 0. The number of non-ortho nitro benzene ring substituents is 1. The predicted octanol–water partition coefficient (Wildman–Crippen LogP) is 4.04. The van der Waals surface area contributed by atoms with Crippen LogP contribution >= 0.6 is 0 Å². The number of ether oxygens (including phenoxy) is 1. The summed E-state index contributed by atoms with van der Waals surface area (Å²) in [7, 11) is 0. The van der Waals surface area contributed by atoms with Crippen molar-refractivity contribution in [3.63, 3.8) is 0 Å². The van der Waals surface area contributed by atoms with Gasteiger partial charge in [-0.25, -0.2) is 9.97 Å². The van der Waals surface area contributed by atoms with Crippen molar-refractivity contribution in [1.29, 1.82) is 0 Å². The number of nitro groups is 1. The summed E-state index contributed by atoms with van der Waals surface area (Å²) in [5.74, 6) is -1.13. The van der Waals surface area contributed by atoms with Gasteiger partial charge in [-0.05, 0) is 31.7 Å². The van der Waals surface area contributed by atoms with E-state index in [0.29, 0.717) is 5.39 Å². The third kappa shape index (κ3) is 3.24. The highest BCUT2D eigenvalue weighted by molar-refractivity contribution is 5.90. The average molecular weight is 341 g/mol. The Morgan fingerprint density at radius 2 is 1.88 bits per heavy atom. The number of rotatable bonds is 3. The largest absolute Gasteiger partial charge is 0.474 e. The van der Waals surface area contributed by atoms with Gasteiger partial charge in [0.2, 0.25) is 5.88 Å². The standard InChI is InChI=1S/C15H14F3N3O3/c16-15(17,18)9-4-6-10(7-5-9)24-14-11-2-1-3-12(21(22)23)13(11)19-8-20-14/h1-3,8-10H,4-7H2. The number of nitrogens with zero attached hydrogens (tertiary/aromatic N) is 3. The van der Waals surface area contributed by atoms with E-state index >= 15 is 0 Å². The highest BCUT2D eigenvalue weighted by Gasteiger charge is 2.41. The molecule has 2 aromatic rings. The molecule has 128 valence electrons. The Morgan fingerprint density at radius 1 is 1.17 bits per heavy atom. The van der Waals surface area contributed by atoms with Crippen molar-refractivity contribution in [2.45, 2.75) is 38.0 Å². The maximum absolute atomic E-state index is 12.7. The molecule has 3 rings (SSSR count). The normalized spacial score (nSPS) is 21.6. The monoisotopic (exact) mass is 341 g/mol. The molecule has 1 aromatic heterocycles. The molecule has 0 N–H and O–H groups in total. The molecule has 1 aliphatic rings. The second-order valence-corrected chi connectivity index (χ2v) is 5.74. The minimum Gasteiger partial charge on any atom is -0.474 e. The molecule has 0 amide bonds. The van der Waals surface area contributed by atoms with Gasteiger partial charge in [-0.3, -0.25) is 10.1 Å². The minimum absolute atomic E-state index is 0.0112. The summed E-state index contributed by atoms with van der Waals surface area (Å²) in [5, 5.41) is 11.4. The number of hydrogen-bond donors (Lipinski definition) is 0. The molecule has 0 spiro atoms. The lowest BCUT2D eigenvalue weighted by molar-refractivity contribution is -0.383. The molecule has 1 aliphatic carbocycles. The van der Waals surface area contributed by atoms with E-state index in [-0.39, 0.29) is 48.9 Å². The van der Waals surface area contributed by atoms with Gasteiger partial charge in [0, 0.05) is 6.07 Å². The number of alkyl halides is 3. The van der Waals surface area contributed by atoms with Crippen LogP contribution in [0.5, 0.6) is 5.88 Å². The molecule has 24 heavy (non-hydrogen) atoms. The Morgan fingerprint density at radius 3 is 2.50 bits per heavy atom. The molecule has 1 fully saturated rings. The van der Waals surface area contributed by atoms with Crippen LogP contribution in [-0.4, -0.2) is 27.2 Å². The summed E-state index contributed by atoms with van der Waals surface area (Å²) in [6.07, 6.45) is -2.84. The van der Waals surface area contributed by atoms with Crippen LogP contribution in [0.1, 0.15) is 25.7 Å². The average Bonchev–Trinajstić information content (AvgIpc) is 2.54. The minimum atomic E-state index is -4.17. The van der Waals surface area contributed by atoms with Crippen molar-refractivity contribution in [2.24, 2.45) is 5.92 Å². The zero-order valence-electron chi connectivity index (χ0n) is 12.5. The van der Waals surface area contributed by atoms with Crippen LogP contribution in [0, 0.1) is 16.0 Å². The first-order valence-electron chi connectivity index (χ1n) is 7.47. The Hall–Kier alpha value is -2.45. The topological polar surface area (TPSA) is 78.2 Å². The van der Waals surface area contributed by atoms with Gasteiger partial charge in [-0.15, -0.1) is 0 Å². The van der Waals surface area contributed by atoms with E-state index < -0.39 is 17.0 Å². The molecule has 0 bridgehead atoms. The van der Waals surface area contributed by atoms with Crippen LogP contribution in [0.3, 0.4) is 0 Å². The molecule has 1 heterocycles. The zero-order valence-corrected chi connectivity index (χ0v) is 12.5. The number of benzene rings is 1. The maximum Gasteiger partial charge on any atom is 0.391 e.